The fourth-order valence-electron chi connectivity index (χ4n) is 2.35. The zero-order valence-electron chi connectivity index (χ0n) is 9.26. The Morgan fingerprint density at radius 2 is 1.88 bits per heavy atom. The molecule has 1 aromatic carbocycles. The number of rotatable bonds is 0. The Balaban J connectivity index is 2.27. The fourth-order valence-corrected chi connectivity index (χ4v) is 4.12. The monoisotopic (exact) mass is 244 g/mol. The summed E-state index contributed by atoms with van der Waals surface area (Å²) in [5.74, 6) is 0. The molecule has 2 aliphatic rings. The first-order valence-electron chi connectivity index (χ1n) is 5.58. The van der Waals surface area contributed by atoms with Gasteiger partial charge in [-0.05, 0) is 36.1 Å². The average Bonchev–Trinajstić information content (AvgIpc) is 2.55. The SMILES string of the molecule is O=S1(=O)C2=C(CC=CC=C2)Cc2ccccc21. The van der Waals surface area contributed by atoms with Crippen LogP contribution in [0.25, 0.3) is 0 Å². The minimum atomic E-state index is -3.31. The Morgan fingerprint density at radius 1 is 1.06 bits per heavy atom. The lowest BCUT2D eigenvalue weighted by molar-refractivity contribution is 0.599. The van der Waals surface area contributed by atoms with Crippen LogP contribution in [0.1, 0.15) is 12.0 Å². The van der Waals surface area contributed by atoms with E-state index in [0.717, 1.165) is 24.0 Å². The molecule has 86 valence electrons. The van der Waals surface area contributed by atoms with Crippen molar-refractivity contribution in [1.82, 2.24) is 0 Å². The minimum Gasteiger partial charge on any atom is -0.219 e. The molecule has 3 heteroatoms. The lowest BCUT2D eigenvalue weighted by Gasteiger charge is -2.20. The number of allylic oxidation sites excluding steroid dienone is 5. The number of benzene rings is 1. The highest BCUT2D eigenvalue weighted by atomic mass is 32.2. The highest BCUT2D eigenvalue weighted by molar-refractivity contribution is 7.95. The third-order valence-electron chi connectivity index (χ3n) is 3.16. The topological polar surface area (TPSA) is 34.1 Å². The van der Waals surface area contributed by atoms with Gasteiger partial charge in [0.15, 0.2) is 0 Å². The van der Waals surface area contributed by atoms with Crippen LogP contribution in [0.3, 0.4) is 0 Å². The summed E-state index contributed by atoms with van der Waals surface area (Å²) >= 11 is 0. The molecule has 1 heterocycles. The number of hydrogen-bond donors (Lipinski definition) is 0. The lowest BCUT2D eigenvalue weighted by atomic mass is 10.0. The van der Waals surface area contributed by atoms with Crippen molar-refractivity contribution in [3.63, 3.8) is 0 Å². The Morgan fingerprint density at radius 3 is 2.76 bits per heavy atom. The van der Waals surface area contributed by atoms with Crippen LogP contribution < -0.4 is 0 Å². The Hall–Kier alpha value is -1.61. The molecule has 1 aromatic rings. The highest BCUT2D eigenvalue weighted by Gasteiger charge is 2.29. The molecule has 0 atom stereocenters. The van der Waals surface area contributed by atoms with E-state index in [1.807, 2.05) is 24.3 Å². The van der Waals surface area contributed by atoms with Gasteiger partial charge in [-0.3, -0.25) is 0 Å². The van der Waals surface area contributed by atoms with Crippen molar-refractivity contribution in [3.05, 3.63) is 64.6 Å². The summed E-state index contributed by atoms with van der Waals surface area (Å²) in [4.78, 5) is 0.950. The van der Waals surface area contributed by atoms with Crippen molar-refractivity contribution in [3.8, 4) is 0 Å². The Labute approximate surface area is 101 Å². The molecule has 0 N–H and O–H groups in total. The van der Waals surface area contributed by atoms with E-state index in [9.17, 15) is 8.42 Å². The number of fused-ring (bicyclic) bond motifs is 1. The standard InChI is InChI=1S/C14H12O2S/c15-17(16)13-8-3-1-2-6-11(13)10-12-7-4-5-9-14(12)17/h1-5,7-9H,6,10H2. The third-order valence-corrected chi connectivity index (χ3v) is 5.14. The molecular formula is C14H12O2S. The number of sulfone groups is 1. The van der Waals surface area contributed by atoms with Crippen LogP contribution in [0.2, 0.25) is 0 Å². The van der Waals surface area contributed by atoms with Crippen LogP contribution in [-0.2, 0) is 16.3 Å². The number of hydrogen-bond acceptors (Lipinski definition) is 2. The van der Waals surface area contributed by atoms with Gasteiger partial charge in [-0.2, -0.15) is 0 Å². The van der Waals surface area contributed by atoms with Gasteiger partial charge >= 0.3 is 0 Å². The van der Waals surface area contributed by atoms with Crippen LogP contribution in [0, 0.1) is 0 Å². The van der Waals surface area contributed by atoms with E-state index in [1.54, 1.807) is 24.3 Å². The van der Waals surface area contributed by atoms with E-state index in [2.05, 4.69) is 0 Å². The van der Waals surface area contributed by atoms with Crippen LogP contribution in [0.5, 0.6) is 0 Å². The van der Waals surface area contributed by atoms with Crippen LogP contribution in [-0.4, -0.2) is 8.42 Å². The first-order chi connectivity index (χ1) is 8.19. The molecule has 17 heavy (non-hydrogen) atoms. The normalized spacial score (nSPS) is 20.7. The van der Waals surface area contributed by atoms with E-state index in [4.69, 9.17) is 0 Å². The molecule has 0 fully saturated rings. The minimum absolute atomic E-state index is 0.463. The van der Waals surface area contributed by atoms with Gasteiger partial charge in [0.1, 0.15) is 0 Å². The molecule has 0 bridgehead atoms. The molecule has 1 aliphatic carbocycles. The maximum atomic E-state index is 12.5. The first-order valence-corrected chi connectivity index (χ1v) is 7.06. The third kappa shape index (κ3) is 1.58. The van der Waals surface area contributed by atoms with Gasteiger partial charge in [-0.1, -0.05) is 36.4 Å². The van der Waals surface area contributed by atoms with Gasteiger partial charge in [0, 0.05) is 0 Å². The summed E-state index contributed by atoms with van der Waals surface area (Å²) in [6, 6.07) is 7.26. The summed E-state index contributed by atoms with van der Waals surface area (Å²) in [7, 11) is -3.31. The van der Waals surface area contributed by atoms with E-state index < -0.39 is 9.84 Å². The van der Waals surface area contributed by atoms with Crippen molar-refractivity contribution in [2.45, 2.75) is 17.7 Å². The average molecular weight is 244 g/mol. The predicted molar refractivity (Wildman–Crippen MR) is 67.3 cm³/mol. The second kappa shape index (κ2) is 3.70. The van der Waals surface area contributed by atoms with Crippen molar-refractivity contribution < 1.29 is 8.42 Å². The van der Waals surface area contributed by atoms with Gasteiger partial charge in [0.2, 0.25) is 9.84 Å². The molecule has 3 rings (SSSR count). The van der Waals surface area contributed by atoms with Crippen molar-refractivity contribution in [2.75, 3.05) is 0 Å². The summed E-state index contributed by atoms with van der Waals surface area (Å²) in [6.07, 6.45) is 8.87. The van der Waals surface area contributed by atoms with E-state index in [0.29, 0.717) is 9.80 Å². The summed E-state index contributed by atoms with van der Waals surface area (Å²) in [6.45, 7) is 0. The highest BCUT2D eigenvalue weighted by Crippen LogP contribution is 2.35. The smallest absolute Gasteiger partial charge is 0.206 e. The van der Waals surface area contributed by atoms with Gasteiger partial charge < -0.3 is 0 Å². The molecule has 0 aromatic heterocycles. The van der Waals surface area contributed by atoms with E-state index in [1.165, 1.54) is 0 Å². The second-order valence-corrected chi connectivity index (χ2v) is 6.13. The Bertz CT molecular complexity index is 661. The summed E-state index contributed by atoms with van der Waals surface area (Å²) in [5.41, 5.74) is 1.91. The van der Waals surface area contributed by atoms with Crippen molar-refractivity contribution in [1.29, 1.82) is 0 Å². The summed E-state index contributed by atoms with van der Waals surface area (Å²) < 4.78 is 24.9. The molecule has 0 unspecified atom stereocenters. The summed E-state index contributed by atoms with van der Waals surface area (Å²) in [5, 5.41) is 0. The van der Waals surface area contributed by atoms with Gasteiger partial charge in [-0.15, -0.1) is 0 Å². The lowest BCUT2D eigenvalue weighted by Crippen LogP contribution is -2.15. The molecule has 0 saturated carbocycles. The molecule has 1 aliphatic heterocycles. The van der Waals surface area contributed by atoms with Crippen LogP contribution >= 0.6 is 0 Å². The predicted octanol–water partition coefficient (Wildman–Crippen LogP) is 2.79. The second-order valence-electron chi connectivity index (χ2n) is 4.25. The molecule has 0 amide bonds. The van der Waals surface area contributed by atoms with Crippen molar-refractivity contribution >= 4 is 9.84 Å². The quantitative estimate of drug-likeness (QED) is 0.703. The van der Waals surface area contributed by atoms with Crippen LogP contribution in [0.15, 0.2) is 63.9 Å². The van der Waals surface area contributed by atoms with E-state index in [-0.39, 0.29) is 0 Å². The molecular weight excluding hydrogens is 232 g/mol. The van der Waals surface area contributed by atoms with E-state index >= 15 is 0 Å². The molecule has 0 radical (unpaired) electrons. The maximum Gasteiger partial charge on any atom is 0.206 e. The maximum absolute atomic E-state index is 12.5. The molecule has 0 spiro atoms. The van der Waals surface area contributed by atoms with Gasteiger partial charge in [-0.25, -0.2) is 8.42 Å². The van der Waals surface area contributed by atoms with Gasteiger partial charge in [0.05, 0.1) is 9.80 Å². The molecule has 2 nitrogen and oxygen atoms in total. The van der Waals surface area contributed by atoms with Gasteiger partial charge in [0.25, 0.3) is 0 Å². The van der Waals surface area contributed by atoms with Crippen molar-refractivity contribution in [2.24, 2.45) is 0 Å². The fraction of sp³-hybridized carbons (Fsp3) is 0.143. The largest absolute Gasteiger partial charge is 0.219 e. The van der Waals surface area contributed by atoms with Crippen LogP contribution in [0.4, 0.5) is 0 Å². The Kier molecular flexibility index (Phi) is 2.30. The zero-order chi connectivity index (χ0) is 11.9. The molecule has 0 saturated heterocycles. The zero-order valence-corrected chi connectivity index (χ0v) is 10.1. The first kappa shape index (κ1) is 10.5.